The van der Waals surface area contributed by atoms with Crippen LogP contribution in [0, 0.1) is 5.92 Å². The van der Waals surface area contributed by atoms with Crippen molar-refractivity contribution >= 4 is 11.8 Å². The largest absolute Gasteiger partial charge is 0.356 e. The van der Waals surface area contributed by atoms with Crippen molar-refractivity contribution in [3.63, 3.8) is 0 Å². The molecule has 1 aromatic carbocycles. The van der Waals surface area contributed by atoms with Crippen molar-refractivity contribution in [2.24, 2.45) is 5.92 Å². The summed E-state index contributed by atoms with van der Waals surface area (Å²) < 4.78 is 0. The Morgan fingerprint density at radius 1 is 1.35 bits per heavy atom. The molecule has 0 radical (unpaired) electrons. The molecular weight excluding hydrogens is 252 g/mol. The van der Waals surface area contributed by atoms with E-state index in [4.69, 9.17) is 0 Å². The molecule has 0 saturated carbocycles. The Kier molecular flexibility index (Phi) is 4.77. The van der Waals surface area contributed by atoms with E-state index in [1.807, 2.05) is 37.3 Å². The fourth-order valence-electron chi connectivity index (χ4n) is 2.80. The Balaban J connectivity index is 2.24. The minimum Gasteiger partial charge on any atom is -0.356 e. The van der Waals surface area contributed by atoms with Gasteiger partial charge in [-0.05, 0) is 18.4 Å². The molecule has 1 aliphatic rings. The van der Waals surface area contributed by atoms with E-state index in [1.54, 1.807) is 11.9 Å². The number of nitrogens with one attached hydrogen (secondary N) is 1. The summed E-state index contributed by atoms with van der Waals surface area (Å²) in [6, 6.07) is 9.65. The summed E-state index contributed by atoms with van der Waals surface area (Å²) in [4.78, 5) is 26.0. The Morgan fingerprint density at radius 3 is 2.70 bits per heavy atom. The summed E-state index contributed by atoms with van der Waals surface area (Å²) >= 11 is 0. The number of piperidine rings is 1. The van der Waals surface area contributed by atoms with Crippen molar-refractivity contribution in [3.05, 3.63) is 35.9 Å². The summed E-state index contributed by atoms with van der Waals surface area (Å²) in [6.45, 7) is 2.72. The van der Waals surface area contributed by atoms with Gasteiger partial charge in [-0.3, -0.25) is 9.59 Å². The molecule has 0 spiro atoms. The minimum absolute atomic E-state index is 0.0556. The van der Waals surface area contributed by atoms with Crippen LogP contribution in [0.5, 0.6) is 0 Å². The molecule has 4 heteroatoms. The number of rotatable bonds is 4. The summed E-state index contributed by atoms with van der Waals surface area (Å²) in [5.41, 5.74) is 1.03. The maximum atomic E-state index is 12.3. The van der Waals surface area contributed by atoms with Crippen LogP contribution < -0.4 is 5.32 Å². The molecule has 0 aliphatic carbocycles. The van der Waals surface area contributed by atoms with E-state index in [0.29, 0.717) is 19.4 Å². The average molecular weight is 274 g/mol. The van der Waals surface area contributed by atoms with Gasteiger partial charge in [-0.15, -0.1) is 0 Å². The van der Waals surface area contributed by atoms with Crippen LogP contribution in [0.3, 0.4) is 0 Å². The maximum Gasteiger partial charge on any atom is 0.225 e. The van der Waals surface area contributed by atoms with Gasteiger partial charge in [-0.1, -0.05) is 37.3 Å². The lowest BCUT2D eigenvalue weighted by molar-refractivity contribution is -0.141. The molecule has 2 unspecified atom stereocenters. The Bertz CT molecular complexity index is 473. The standard InChI is InChI=1S/C16H22N2O2/c1-3-11-17-16(20)13-9-10-14(19)18(2)15(13)12-7-5-4-6-8-12/h4-8,13,15H,3,9-11H2,1-2H3,(H,17,20). The number of amides is 2. The highest BCUT2D eigenvalue weighted by Crippen LogP contribution is 2.35. The molecule has 108 valence electrons. The second-order valence-corrected chi connectivity index (χ2v) is 5.30. The number of carbonyl (C=O) groups is 2. The third-order valence-electron chi connectivity index (χ3n) is 3.89. The monoisotopic (exact) mass is 274 g/mol. The van der Waals surface area contributed by atoms with Crippen LogP contribution in [0.4, 0.5) is 0 Å². The molecule has 0 bridgehead atoms. The van der Waals surface area contributed by atoms with Crippen molar-refractivity contribution < 1.29 is 9.59 Å². The zero-order valence-electron chi connectivity index (χ0n) is 12.1. The van der Waals surface area contributed by atoms with E-state index < -0.39 is 0 Å². The van der Waals surface area contributed by atoms with Gasteiger partial charge in [0.25, 0.3) is 0 Å². The van der Waals surface area contributed by atoms with Crippen LogP contribution >= 0.6 is 0 Å². The molecule has 1 aromatic rings. The zero-order chi connectivity index (χ0) is 14.5. The molecule has 0 aromatic heterocycles. The SMILES string of the molecule is CCCNC(=O)C1CCC(=O)N(C)C1c1ccccc1. The van der Waals surface area contributed by atoms with E-state index in [9.17, 15) is 9.59 Å². The van der Waals surface area contributed by atoms with E-state index in [-0.39, 0.29) is 23.8 Å². The molecular formula is C16H22N2O2. The van der Waals surface area contributed by atoms with E-state index in [1.165, 1.54) is 0 Å². The number of hydrogen-bond acceptors (Lipinski definition) is 2. The topological polar surface area (TPSA) is 49.4 Å². The summed E-state index contributed by atoms with van der Waals surface area (Å²) in [5, 5.41) is 2.96. The van der Waals surface area contributed by atoms with Gasteiger partial charge >= 0.3 is 0 Å². The van der Waals surface area contributed by atoms with Gasteiger partial charge in [0, 0.05) is 20.0 Å². The maximum absolute atomic E-state index is 12.3. The Labute approximate surface area is 120 Å². The number of benzene rings is 1. The third-order valence-corrected chi connectivity index (χ3v) is 3.89. The van der Waals surface area contributed by atoms with Crippen molar-refractivity contribution in [2.75, 3.05) is 13.6 Å². The first-order chi connectivity index (χ1) is 9.65. The molecule has 4 nitrogen and oxygen atoms in total. The van der Waals surface area contributed by atoms with Gasteiger partial charge in [0.15, 0.2) is 0 Å². The first-order valence-electron chi connectivity index (χ1n) is 7.23. The first-order valence-corrected chi connectivity index (χ1v) is 7.23. The Morgan fingerprint density at radius 2 is 2.05 bits per heavy atom. The lowest BCUT2D eigenvalue weighted by atomic mass is 9.84. The molecule has 1 N–H and O–H groups in total. The highest BCUT2D eigenvalue weighted by atomic mass is 16.2. The summed E-state index contributed by atoms with van der Waals surface area (Å²) in [5.74, 6) is 0.00472. The number of nitrogens with zero attached hydrogens (tertiary/aromatic N) is 1. The van der Waals surface area contributed by atoms with Crippen LogP contribution in [0.15, 0.2) is 30.3 Å². The predicted molar refractivity (Wildman–Crippen MR) is 78.0 cm³/mol. The predicted octanol–water partition coefficient (Wildman–Crippen LogP) is 2.12. The number of carbonyl (C=O) groups excluding carboxylic acids is 2. The molecule has 2 amide bonds. The van der Waals surface area contributed by atoms with Crippen molar-refractivity contribution in [2.45, 2.75) is 32.2 Å². The highest BCUT2D eigenvalue weighted by molar-refractivity contribution is 5.84. The first kappa shape index (κ1) is 14.6. The van der Waals surface area contributed by atoms with E-state index in [0.717, 1.165) is 12.0 Å². The Hall–Kier alpha value is -1.84. The smallest absolute Gasteiger partial charge is 0.225 e. The van der Waals surface area contributed by atoms with Gasteiger partial charge in [0.2, 0.25) is 11.8 Å². The fourth-order valence-corrected chi connectivity index (χ4v) is 2.80. The average Bonchev–Trinajstić information content (AvgIpc) is 2.48. The van der Waals surface area contributed by atoms with Crippen LogP contribution in [-0.2, 0) is 9.59 Å². The van der Waals surface area contributed by atoms with Crippen molar-refractivity contribution in [1.29, 1.82) is 0 Å². The molecule has 1 aliphatic heterocycles. The zero-order valence-corrected chi connectivity index (χ0v) is 12.1. The number of likely N-dealkylation sites (tertiary alicyclic amines) is 1. The third kappa shape index (κ3) is 3.00. The fraction of sp³-hybridized carbons (Fsp3) is 0.500. The van der Waals surface area contributed by atoms with Crippen molar-refractivity contribution in [1.82, 2.24) is 10.2 Å². The van der Waals surface area contributed by atoms with Gasteiger partial charge in [0.1, 0.15) is 0 Å². The quantitative estimate of drug-likeness (QED) is 0.914. The van der Waals surface area contributed by atoms with Crippen LogP contribution in [0.25, 0.3) is 0 Å². The lowest BCUT2D eigenvalue weighted by Gasteiger charge is -2.38. The van der Waals surface area contributed by atoms with Crippen LogP contribution in [0.1, 0.15) is 37.8 Å². The van der Waals surface area contributed by atoms with Gasteiger partial charge in [-0.2, -0.15) is 0 Å². The van der Waals surface area contributed by atoms with Gasteiger partial charge < -0.3 is 10.2 Å². The second-order valence-electron chi connectivity index (χ2n) is 5.30. The molecule has 1 fully saturated rings. The highest BCUT2D eigenvalue weighted by Gasteiger charge is 2.38. The normalized spacial score (nSPS) is 22.7. The van der Waals surface area contributed by atoms with Gasteiger partial charge in [0.05, 0.1) is 12.0 Å². The minimum atomic E-state index is -0.161. The van der Waals surface area contributed by atoms with Gasteiger partial charge in [-0.25, -0.2) is 0 Å². The molecule has 2 atom stereocenters. The molecule has 20 heavy (non-hydrogen) atoms. The lowest BCUT2D eigenvalue weighted by Crippen LogP contribution is -2.46. The van der Waals surface area contributed by atoms with Crippen molar-refractivity contribution in [3.8, 4) is 0 Å². The summed E-state index contributed by atoms with van der Waals surface area (Å²) in [6.07, 6.45) is 1.99. The molecule has 1 heterocycles. The second kappa shape index (κ2) is 6.55. The van der Waals surface area contributed by atoms with E-state index >= 15 is 0 Å². The molecule has 1 saturated heterocycles. The number of hydrogen-bond donors (Lipinski definition) is 1. The van der Waals surface area contributed by atoms with E-state index in [2.05, 4.69) is 5.32 Å². The van der Waals surface area contributed by atoms with Crippen LogP contribution in [0.2, 0.25) is 0 Å². The molecule has 2 rings (SSSR count). The summed E-state index contributed by atoms with van der Waals surface area (Å²) in [7, 11) is 1.79. The van der Waals surface area contributed by atoms with Crippen LogP contribution in [-0.4, -0.2) is 30.3 Å².